The lowest BCUT2D eigenvalue weighted by Crippen LogP contribution is -2.54. The molecule has 2 aliphatic rings. The van der Waals surface area contributed by atoms with Gasteiger partial charge in [-0.2, -0.15) is 0 Å². The number of aromatic nitrogens is 2. The largest absolute Gasteiger partial charge is 0.349 e. The second kappa shape index (κ2) is 8.18. The quantitative estimate of drug-likeness (QED) is 0.357. The van der Waals surface area contributed by atoms with E-state index in [4.69, 9.17) is 0 Å². The SMILES string of the molecule is Cn1ccnc1C1(CNC(=O)c2cc(F)c(F)cc2-c2ccc(C3CC3(F)F)cc2)NC(=O)NC1=O. The Morgan fingerprint density at radius 1 is 1.17 bits per heavy atom. The lowest BCUT2D eigenvalue weighted by atomic mass is 9.95. The Hall–Kier alpha value is -4.22. The predicted molar refractivity (Wildman–Crippen MR) is 118 cm³/mol. The van der Waals surface area contributed by atoms with Crippen molar-refractivity contribution in [1.82, 2.24) is 25.5 Å². The molecule has 2 fully saturated rings. The number of hydrogen-bond donors (Lipinski definition) is 3. The van der Waals surface area contributed by atoms with Crippen LogP contribution in [0.5, 0.6) is 0 Å². The van der Waals surface area contributed by atoms with Gasteiger partial charge in [0.05, 0.1) is 18.0 Å². The van der Waals surface area contributed by atoms with Crippen LogP contribution in [0.4, 0.5) is 22.4 Å². The average molecular weight is 501 g/mol. The fourth-order valence-electron chi connectivity index (χ4n) is 4.38. The van der Waals surface area contributed by atoms with Crippen LogP contribution in [-0.2, 0) is 17.4 Å². The number of urea groups is 1. The summed E-state index contributed by atoms with van der Waals surface area (Å²) in [6.07, 6.45) is 2.70. The first-order valence-corrected chi connectivity index (χ1v) is 10.9. The Kier molecular flexibility index (Phi) is 5.34. The highest BCUT2D eigenvalue weighted by atomic mass is 19.3. The maximum absolute atomic E-state index is 14.1. The molecule has 36 heavy (non-hydrogen) atoms. The molecule has 1 aliphatic carbocycles. The fourth-order valence-corrected chi connectivity index (χ4v) is 4.38. The van der Waals surface area contributed by atoms with E-state index in [1.54, 1.807) is 13.2 Å². The van der Waals surface area contributed by atoms with E-state index >= 15 is 0 Å². The Morgan fingerprint density at radius 2 is 1.83 bits per heavy atom. The molecule has 5 rings (SSSR count). The molecule has 2 unspecified atom stereocenters. The van der Waals surface area contributed by atoms with E-state index in [-0.39, 0.29) is 23.4 Å². The van der Waals surface area contributed by atoms with Gasteiger partial charge in [0, 0.05) is 25.9 Å². The van der Waals surface area contributed by atoms with Crippen LogP contribution in [0.3, 0.4) is 0 Å². The van der Waals surface area contributed by atoms with Crippen LogP contribution in [0.1, 0.15) is 34.1 Å². The van der Waals surface area contributed by atoms with E-state index in [1.807, 2.05) is 0 Å². The number of carbonyl (C=O) groups excluding carboxylic acids is 3. The third-order valence-electron chi connectivity index (χ3n) is 6.41. The van der Waals surface area contributed by atoms with E-state index in [0.717, 1.165) is 6.07 Å². The van der Waals surface area contributed by atoms with Crippen LogP contribution < -0.4 is 16.0 Å². The molecule has 3 N–H and O–H groups in total. The Balaban J connectivity index is 1.45. The minimum Gasteiger partial charge on any atom is -0.349 e. The number of alkyl halides is 2. The second-order valence-corrected chi connectivity index (χ2v) is 8.81. The molecule has 1 saturated heterocycles. The first-order chi connectivity index (χ1) is 17.0. The maximum Gasteiger partial charge on any atom is 0.322 e. The molecule has 0 radical (unpaired) electrons. The van der Waals surface area contributed by atoms with Crippen molar-refractivity contribution in [2.24, 2.45) is 7.05 Å². The standard InChI is InChI=1S/C24H19F4N5O3/c1-33-7-6-29-20(33)23(21(35)31-22(36)32-23)11-30-19(34)15-9-18(26)17(25)8-14(15)12-2-4-13(5-3-12)16-10-24(16,27)28/h2-9,16H,10-11H2,1H3,(H,30,34)(H2,31,32,35,36). The predicted octanol–water partition coefficient (Wildman–Crippen LogP) is 2.95. The summed E-state index contributed by atoms with van der Waals surface area (Å²) in [5.74, 6) is -7.60. The van der Waals surface area contributed by atoms with Gasteiger partial charge in [0.2, 0.25) is 0 Å². The van der Waals surface area contributed by atoms with Crippen LogP contribution in [0.25, 0.3) is 11.1 Å². The molecule has 0 spiro atoms. The number of nitrogens with one attached hydrogen (secondary N) is 3. The van der Waals surface area contributed by atoms with Gasteiger partial charge in [-0.3, -0.25) is 14.9 Å². The van der Waals surface area contributed by atoms with Crippen molar-refractivity contribution in [2.75, 3.05) is 6.54 Å². The lowest BCUT2D eigenvalue weighted by molar-refractivity contribution is -0.124. The molecule has 1 aromatic heterocycles. The molecular formula is C24H19F4N5O3. The minimum absolute atomic E-state index is 0.0199. The molecule has 0 bridgehead atoms. The molecule has 4 amide bonds. The third-order valence-corrected chi connectivity index (χ3v) is 6.41. The van der Waals surface area contributed by atoms with Crippen molar-refractivity contribution in [3.8, 4) is 11.1 Å². The molecule has 186 valence electrons. The topological polar surface area (TPSA) is 105 Å². The van der Waals surface area contributed by atoms with Gasteiger partial charge < -0.3 is 15.2 Å². The number of imide groups is 1. The molecular weight excluding hydrogens is 482 g/mol. The number of nitrogens with zero attached hydrogens (tertiary/aromatic N) is 2. The first-order valence-electron chi connectivity index (χ1n) is 10.9. The summed E-state index contributed by atoms with van der Waals surface area (Å²) in [5, 5.41) is 7.08. The summed E-state index contributed by atoms with van der Waals surface area (Å²) in [5.41, 5.74) is -1.26. The van der Waals surface area contributed by atoms with Gasteiger partial charge in [-0.05, 0) is 28.8 Å². The van der Waals surface area contributed by atoms with E-state index in [2.05, 4.69) is 20.9 Å². The van der Waals surface area contributed by atoms with Crippen LogP contribution in [0, 0.1) is 11.6 Å². The number of halogens is 4. The van der Waals surface area contributed by atoms with E-state index in [0.29, 0.717) is 17.2 Å². The molecule has 1 aliphatic heterocycles. The summed E-state index contributed by atoms with van der Waals surface area (Å²) in [6.45, 7) is -0.442. The molecule has 2 atom stereocenters. The number of benzene rings is 2. The van der Waals surface area contributed by atoms with Crippen LogP contribution in [-0.4, -0.2) is 39.9 Å². The van der Waals surface area contributed by atoms with Crippen LogP contribution >= 0.6 is 0 Å². The van der Waals surface area contributed by atoms with Gasteiger partial charge in [0.25, 0.3) is 17.7 Å². The van der Waals surface area contributed by atoms with Crippen LogP contribution in [0.15, 0.2) is 48.8 Å². The zero-order chi connectivity index (χ0) is 25.8. The molecule has 12 heteroatoms. The lowest BCUT2D eigenvalue weighted by Gasteiger charge is -2.26. The zero-order valence-electron chi connectivity index (χ0n) is 18.7. The van der Waals surface area contributed by atoms with Gasteiger partial charge in [0.15, 0.2) is 17.2 Å². The van der Waals surface area contributed by atoms with Crippen molar-refractivity contribution >= 4 is 17.8 Å². The van der Waals surface area contributed by atoms with Crippen LogP contribution in [0.2, 0.25) is 0 Å². The fraction of sp³-hybridized carbons (Fsp3) is 0.250. The number of aryl methyl sites for hydroxylation is 1. The summed E-state index contributed by atoms with van der Waals surface area (Å²) >= 11 is 0. The first kappa shape index (κ1) is 23.5. The Morgan fingerprint density at radius 3 is 2.39 bits per heavy atom. The zero-order valence-corrected chi connectivity index (χ0v) is 18.7. The van der Waals surface area contributed by atoms with Gasteiger partial charge in [-0.25, -0.2) is 27.3 Å². The summed E-state index contributed by atoms with van der Waals surface area (Å²) < 4.78 is 56.5. The van der Waals surface area contributed by atoms with Crippen molar-refractivity contribution in [3.05, 3.63) is 77.4 Å². The highest BCUT2D eigenvalue weighted by molar-refractivity contribution is 6.08. The smallest absolute Gasteiger partial charge is 0.322 e. The minimum atomic E-state index is -2.76. The normalized spacial score (nSPS) is 22.2. The van der Waals surface area contributed by atoms with Gasteiger partial charge in [-0.1, -0.05) is 24.3 Å². The maximum atomic E-state index is 14.1. The van der Waals surface area contributed by atoms with E-state index in [9.17, 15) is 31.9 Å². The van der Waals surface area contributed by atoms with E-state index < -0.39 is 53.4 Å². The molecule has 2 aromatic carbocycles. The number of imidazole rings is 1. The average Bonchev–Trinajstić information content (AvgIpc) is 3.11. The Bertz CT molecular complexity index is 1410. The number of rotatable bonds is 6. The third kappa shape index (κ3) is 3.88. The highest BCUT2D eigenvalue weighted by Crippen LogP contribution is 2.55. The number of carbonyl (C=O) groups is 3. The van der Waals surface area contributed by atoms with Crippen molar-refractivity contribution < 1.29 is 31.9 Å². The summed E-state index contributed by atoms with van der Waals surface area (Å²) in [7, 11) is 1.60. The molecule has 2 heterocycles. The second-order valence-electron chi connectivity index (χ2n) is 8.81. The molecule has 3 aromatic rings. The summed E-state index contributed by atoms with van der Waals surface area (Å²) in [4.78, 5) is 41.8. The van der Waals surface area contributed by atoms with Crippen molar-refractivity contribution in [3.63, 3.8) is 0 Å². The van der Waals surface area contributed by atoms with Gasteiger partial charge in [0.1, 0.15) is 5.82 Å². The van der Waals surface area contributed by atoms with Gasteiger partial charge in [-0.15, -0.1) is 0 Å². The van der Waals surface area contributed by atoms with Gasteiger partial charge >= 0.3 is 6.03 Å². The monoisotopic (exact) mass is 501 g/mol. The molecule has 1 saturated carbocycles. The van der Waals surface area contributed by atoms with E-state index in [1.165, 1.54) is 35.0 Å². The van der Waals surface area contributed by atoms with Crippen molar-refractivity contribution in [2.45, 2.75) is 23.8 Å². The Labute approximate surface area is 201 Å². The van der Waals surface area contributed by atoms with Crippen molar-refractivity contribution in [1.29, 1.82) is 0 Å². The number of amides is 4. The molecule has 8 nitrogen and oxygen atoms in total. The number of hydrogen-bond acceptors (Lipinski definition) is 4. The summed E-state index contributed by atoms with van der Waals surface area (Å²) in [6, 6.07) is 6.58. The highest BCUT2D eigenvalue weighted by Gasteiger charge is 2.57.